The number of amidine groups is 1. The number of hydrogen-bond donors (Lipinski definition) is 2. The molecule has 0 radical (unpaired) electrons. The van der Waals surface area contributed by atoms with Gasteiger partial charge in [0.2, 0.25) is 5.91 Å². The molecule has 0 spiro atoms. The summed E-state index contributed by atoms with van der Waals surface area (Å²) in [4.78, 5) is 16.0. The molecule has 2 N–H and O–H groups in total. The molecule has 0 bridgehead atoms. The maximum atomic E-state index is 11.5. The Morgan fingerprint density at radius 3 is 3.00 bits per heavy atom. The monoisotopic (exact) mass is 281 g/mol. The average molecular weight is 281 g/mol. The van der Waals surface area contributed by atoms with E-state index in [0.29, 0.717) is 25.0 Å². The smallest absolute Gasteiger partial charge is 0.223 e. The van der Waals surface area contributed by atoms with E-state index in [9.17, 15) is 4.79 Å². The van der Waals surface area contributed by atoms with Crippen molar-refractivity contribution in [1.82, 2.24) is 10.6 Å². The SMILES string of the molecule is O=C(NCCN=C1NC2CCCCC2CS1)C1CC1. The summed E-state index contributed by atoms with van der Waals surface area (Å²) in [5.74, 6) is 2.58. The van der Waals surface area contributed by atoms with Gasteiger partial charge in [0.1, 0.15) is 0 Å². The van der Waals surface area contributed by atoms with E-state index in [1.54, 1.807) is 0 Å². The van der Waals surface area contributed by atoms with Gasteiger partial charge in [-0.15, -0.1) is 0 Å². The first-order chi connectivity index (χ1) is 9.33. The minimum Gasteiger partial charge on any atom is -0.362 e. The van der Waals surface area contributed by atoms with Crippen LogP contribution in [0.5, 0.6) is 0 Å². The number of hydrogen-bond acceptors (Lipinski definition) is 3. The lowest BCUT2D eigenvalue weighted by molar-refractivity contribution is -0.122. The van der Waals surface area contributed by atoms with Gasteiger partial charge >= 0.3 is 0 Å². The molecule has 1 saturated heterocycles. The minimum atomic E-state index is 0.219. The van der Waals surface area contributed by atoms with Crippen LogP contribution in [0.1, 0.15) is 38.5 Å². The van der Waals surface area contributed by atoms with Gasteiger partial charge in [0.25, 0.3) is 0 Å². The van der Waals surface area contributed by atoms with Gasteiger partial charge < -0.3 is 10.6 Å². The Bertz CT molecular complexity index is 368. The van der Waals surface area contributed by atoms with E-state index in [0.717, 1.165) is 23.9 Å². The summed E-state index contributed by atoms with van der Waals surface area (Å²) in [6, 6.07) is 0.648. The molecule has 19 heavy (non-hydrogen) atoms. The Hall–Kier alpha value is -0.710. The summed E-state index contributed by atoms with van der Waals surface area (Å²) in [7, 11) is 0. The highest BCUT2D eigenvalue weighted by molar-refractivity contribution is 8.13. The maximum Gasteiger partial charge on any atom is 0.223 e. The van der Waals surface area contributed by atoms with Crippen LogP contribution in [-0.4, -0.2) is 36.0 Å². The van der Waals surface area contributed by atoms with Crippen molar-refractivity contribution >= 4 is 22.8 Å². The molecule has 106 valence electrons. The van der Waals surface area contributed by atoms with Crippen LogP contribution in [0.25, 0.3) is 0 Å². The average Bonchev–Trinajstić information content (AvgIpc) is 3.28. The molecule has 0 aromatic heterocycles. The van der Waals surface area contributed by atoms with Crippen molar-refractivity contribution in [3.8, 4) is 0 Å². The predicted octanol–water partition coefficient (Wildman–Crippen LogP) is 1.76. The molecular weight excluding hydrogens is 258 g/mol. The van der Waals surface area contributed by atoms with Crippen molar-refractivity contribution in [2.45, 2.75) is 44.6 Å². The number of nitrogens with zero attached hydrogens (tertiary/aromatic N) is 1. The zero-order valence-electron chi connectivity index (χ0n) is 11.4. The molecule has 2 saturated carbocycles. The third-order valence-corrected chi connectivity index (χ3v) is 5.38. The third-order valence-electron chi connectivity index (χ3n) is 4.27. The molecule has 3 aliphatic rings. The van der Waals surface area contributed by atoms with E-state index < -0.39 is 0 Å². The molecule has 3 fully saturated rings. The van der Waals surface area contributed by atoms with Crippen LogP contribution in [0.2, 0.25) is 0 Å². The van der Waals surface area contributed by atoms with Gasteiger partial charge in [-0.25, -0.2) is 0 Å². The van der Waals surface area contributed by atoms with E-state index in [1.165, 1.54) is 31.4 Å². The molecule has 1 aliphatic heterocycles. The van der Waals surface area contributed by atoms with Crippen molar-refractivity contribution in [3.63, 3.8) is 0 Å². The first kappa shape index (κ1) is 13.3. The second-order valence-corrected chi connectivity index (χ2v) is 6.87. The predicted molar refractivity (Wildman–Crippen MR) is 79.4 cm³/mol. The number of amides is 1. The van der Waals surface area contributed by atoms with Crippen LogP contribution < -0.4 is 10.6 Å². The molecule has 0 aromatic carbocycles. The Morgan fingerprint density at radius 2 is 2.16 bits per heavy atom. The van der Waals surface area contributed by atoms with Crippen molar-refractivity contribution < 1.29 is 4.79 Å². The fraction of sp³-hybridized carbons (Fsp3) is 0.857. The van der Waals surface area contributed by atoms with Gasteiger partial charge in [0.05, 0.1) is 6.54 Å². The summed E-state index contributed by atoms with van der Waals surface area (Å²) in [5, 5.41) is 7.62. The van der Waals surface area contributed by atoms with E-state index in [1.807, 2.05) is 11.8 Å². The number of aliphatic imine (C=N–C) groups is 1. The number of rotatable bonds is 4. The first-order valence-corrected chi connectivity index (χ1v) is 8.53. The van der Waals surface area contributed by atoms with Crippen LogP contribution >= 0.6 is 11.8 Å². The van der Waals surface area contributed by atoms with Gasteiger partial charge in [-0.05, 0) is 31.6 Å². The van der Waals surface area contributed by atoms with Crippen molar-refractivity contribution in [1.29, 1.82) is 0 Å². The molecule has 1 amide bonds. The molecular formula is C14H23N3OS. The number of nitrogens with one attached hydrogen (secondary N) is 2. The van der Waals surface area contributed by atoms with Crippen LogP contribution in [0.15, 0.2) is 4.99 Å². The number of thioether (sulfide) groups is 1. The lowest BCUT2D eigenvalue weighted by Gasteiger charge is -2.36. The van der Waals surface area contributed by atoms with Crippen LogP contribution in [0.4, 0.5) is 0 Å². The molecule has 1 heterocycles. The lowest BCUT2D eigenvalue weighted by atomic mass is 9.86. The van der Waals surface area contributed by atoms with E-state index in [-0.39, 0.29) is 5.91 Å². The fourth-order valence-corrected chi connectivity index (χ4v) is 4.09. The van der Waals surface area contributed by atoms with E-state index >= 15 is 0 Å². The third kappa shape index (κ3) is 3.65. The standard InChI is InChI=1S/C14H23N3OS/c18-13(10-5-6-10)15-7-8-16-14-17-12-4-2-1-3-11(12)9-19-14/h10-12H,1-9H2,(H,15,18)(H,16,17). The van der Waals surface area contributed by atoms with Crippen LogP contribution in [-0.2, 0) is 4.79 Å². The van der Waals surface area contributed by atoms with Crippen LogP contribution in [0.3, 0.4) is 0 Å². The topological polar surface area (TPSA) is 53.5 Å². The zero-order chi connectivity index (χ0) is 13.1. The van der Waals surface area contributed by atoms with Crippen molar-refractivity contribution in [3.05, 3.63) is 0 Å². The molecule has 3 rings (SSSR count). The van der Waals surface area contributed by atoms with Gasteiger partial charge in [-0.3, -0.25) is 9.79 Å². The molecule has 2 atom stereocenters. The summed E-state index contributed by atoms with van der Waals surface area (Å²) in [6.07, 6.45) is 7.55. The number of carbonyl (C=O) groups excluding carboxylic acids is 1. The quantitative estimate of drug-likeness (QED) is 0.772. The number of fused-ring (bicyclic) bond motifs is 1. The second kappa shape index (κ2) is 6.16. The summed E-state index contributed by atoms with van der Waals surface area (Å²) in [5.41, 5.74) is 0. The van der Waals surface area contributed by atoms with E-state index in [4.69, 9.17) is 0 Å². The highest BCUT2D eigenvalue weighted by atomic mass is 32.2. The Labute approximate surface area is 119 Å². The normalized spacial score (nSPS) is 32.5. The Balaban J connectivity index is 1.39. The Kier molecular flexibility index (Phi) is 4.31. The Morgan fingerprint density at radius 1 is 1.32 bits per heavy atom. The van der Waals surface area contributed by atoms with Crippen molar-refractivity contribution in [2.24, 2.45) is 16.8 Å². The molecule has 0 aromatic rings. The zero-order valence-corrected chi connectivity index (χ0v) is 12.2. The highest BCUT2D eigenvalue weighted by Crippen LogP contribution is 2.31. The van der Waals surface area contributed by atoms with Gasteiger partial charge in [-0.2, -0.15) is 0 Å². The first-order valence-electron chi connectivity index (χ1n) is 7.54. The molecule has 2 unspecified atom stereocenters. The fourth-order valence-electron chi connectivity index (χ4n) is 2.90. The van der Waals surface area contributed by atoms with Gasteiger partial charge in [-0.1, -0.05) is 24.6 Å². The maximum absolute atomic E-state index is 11.5. The second-order valence-electron chi connectivity index (χ2n) is 5.86. The largest absolute Gasteiger partial charge is 0.362 e. The van der Waals surface area contributed by atoms with Gasteiger partial charge in [0, 0.05) is 24.3 Å². The summed E-state index contributed by atoms with van der Waals surface area (Å²) < 4.78 is 0. The van der Waals surface area contributed by atoms with Crippen molar-refractivity contribution in [2.75, 3.05) is 18.8 Å². The van der Waals surface area contributed by atoms with Crippen LogP contribution in [0, 0.1) is 11.8 Å². The van der Waals surface area contributed by atoms with E-state index in [2.05, 4.69) is 15.6 Å². The molecule has 2 aliphatic carbocycles. The highest BCUT2D eigenvalue weighted by Gasteiger charge is 2.30. The summed E-state index contributed by atoms with van der Waals surface area (Å²) in [6.45, 7) is 1.38. The molecule has 5 heteroatoms. The van der Waals surface area contributed by atoms with Gasteiger partial charge in [0.15, 0.2) is 5.17 Å². The number of carbonyl (C=O) groups is 1. The lowest BCUT2D eigenvalue weighted by Crippen LogP contribution is -2.46. The minimum absolute atomic E-state index is 0.219. The summed E-state index contributed by atoms with van der Waals surface area (Å²) >= 11 is 1.85. The molecule has 4 nitrogen and oxygen atoms in total.